The van der Waals surface area contributed by atoms with E-state index in [1.54, 1.807) is 0 Å². The van der Waals surface area contributed by atoms with E-state index < -0.39 is 0 Å². The molecule has 3 rings (SSSR count). The summed E-state index contributed by atoms with van der Waals surface area (Å²) in [6.07, 6.45) is 0. The normalized spacial score (nSPS) is 18.4. The van der Waals surface area contributed by atoms with Gasteiger partial charge in [0.1, 0.15) is 0 Å². The molecule has 0 aromatic heterocycles. The van der Waals surface area contributed by atoms with Crippen LogP contribution in [0.1, 0.15) is 37.9 Å². The second kappa shape index (κ2) is 6.49. The summed E-state index contributed by atoms with van der Waals surface area (Å²) in [5, 5.41) is 0.902. The van der Waals surface area contributed by atoms with Crippen LogP contribution in [0.2, 0.25) is 0 Å². The first-order valence-corrected chi connectivity index (χ1v) is 9.40. The molecule has 1 saturated heterocycles. The first-order valence-electron chi connectivity index (χ1n) is 8.20. The van der Waals surface area contributed by atoms with E-state index in [0.29, 0.717) is 0 Å². The van der Waals surface area contributed by atoms with Gasteiger partial charge < -0.3 is 9.80 Å². The minimum atomic E-state index is 0.00411. The average Bonchev–Trinajstić information content (AvgIpc) is 2.86. The zero-order chi connectivity index (χ0) is 17.5. The molecule has 1 fully saturated rings. The van der Waals surface area contributed by atoms with Crippen molar-refractivity contribution in [1.29, 1.82) is 0 Å². The lowest BCUT2D eigenvalue weighted by molar-refractivity contribution is 0.253. The number of benzene rings is 2. The first-order chi connectivity index (χ1) is 11.3. The van der Waals surface area contributed by atoms with Gasteiger partial charge in [-0.2, -0.15) is 0 Å². The molecular formula is C20H23BrN2S. The number of hydrogen-bond acceptors (Lipinski definition) is 1. The highest BCUT2D eigenvalue weighted by molar-refractivity contribution is 9.10. The molecule has 2 aromatic rings. The number of aryl methyl sites for hydroxylation is 1. The van der Waals surface area contributed by atoms with Crippen molar-refractivity contribution in [2.45, 2.75) is 39.3 Å². The maximum atomic E-state index is 5.87. The maximum Gasteiger partial charge on any atom is 0.177 e. The van der Waals surface area contributed by atoms with Crippen molar-refractivity contribution < 1.29 is 0 Å². The van der Waals surface area contributed by atoms with Crippen LogP contribution in [0, 0.1) is 6.92 Å². The van der Waals surface area contributed by atoms with Crippen LogP contribution in [0.3, 0.4) is 0 Å². The Bertz CT molecular complexity index is 732. The molecule has 126 valence electrons. The molecule has 1 aliphatic rings. The van der Waals surface area contributed by atoms with Crippen molar-refractivity contribution >= 4 is 38.9 Å². The Kier molecular flexibility index (Phi) is 4.71. The van der Waals surface area contributed by atoms with E-state index in [2.05, 4.69) is 102 Å². The molecular weight excluding hydrogens is 380 g/mol. The van der Waals surface area contributed by atoms with Crippen LogP contribution in [0.15, 0.2) is 53.0 Å². The number of halogens is 1. The fourth-order valence-corrected chi connectivity index (χ4v) is 3.94. The summed E-state index contributed by atoms with van der Waals surface area (Å²) in [4.78, 5) is 4.62. The van der Waals surface area contributed by atoms with Crippen molar-refractivity contribution in [3.05, 3.63) is 64.1 Å². The van der Waals surface area contributed by atoms with E-state index in [4.69, 9.17) is 12.2 Å². The predicted molar refractivity (Wildman–Crippen MR) is 110 cm³/mol. The minimum Gasteiger partial charge on any atom is -0.342 e. The molecule has 0 bridgehead atoms. The van der Waals surface area contributed by atoms with Crippen molar-refractivity contribution in [1.82, 2.24) is 4.90 Å². The number of nitrogens with zero attached hydrogens (tertiary/aromatic N) is 2. The second-order valence-corrected chi connectivity index (χ2v) is 8.62. The summed E-state index contributed by atoms with van der Waals surface area (Å²) < 4.78 is 1.10. The van der Waals surface area contributed by atoms with Gasteiger partial charge in [0.2, 0.25) is 0 Å². The fourth-order valence-electron chi connectivity index (χ4n) is 3.09. The zero-order valence-electron chi connectivity index (χ0n) is 14.6. The van der Waals surface area contributed by atoms with E-state index in [1.807, 2.05) is 0 Å². The van der Waals surface area contributed by atoms with Crippen molar-refractivity contribution in [2.24, 2.45) is 0 Å². The van der Waals surface area contributed by atoms with Gasteiger partial charge >= 0.3 is 0 Å². The van der Waals surface area contributed by atoms with Crippen LogP contribution in [0.5, 0.6) is 0 Å². The van der Waals surface area contributed by atoms with Gasteiger partial charge in [0.05, 0.1) is 6.04 Å². The Labute approximate surface area is 158 Å². The van der Waals surface area contributed by atoms with Crippen LogP contribution in [-0.2, 0) is 0 Å². The third-order valence-electron chi connectivity index (χ3n) is 4.48. The van der Waals surface area contributed by atoms with Crippen molar-refractivity contribution in [3.8, 4) is 0 Å². The predicted octanol–water partition coefficient (Wildman–Crippen LogP) is 5.70. The van der Waals surface area contributed by atoms with Gasteiger partial charge in [0.25, 0.3) is 0 Å². The minimum absolute atomic E-state index is 0.00411. The zero-order valence-corrected chi connectivity index (χ0v) is 17.0. The van der Waals surface area contributed by atoms with Crippen LogP contribution < -0.4 is 4.90 Å². The molecule has 0 amide bonds. The highest BCUT2D eigenvalue weighted by atomic mass is 79.9. The molecule has 4 heteroatoms. The van der Waals surface area contributed by atoms with Gasteiger partial charge in [0, 0.05) is 22.2 Å². The van der Waals surface area contributed by atoms with Gasteiger partial charge in [0.15, 0.2) is 5.11 Å². The molecule has 0 spiro atoms. The molecule has 1 atom stereocenters. The SMILES string of the molecule is Cc1ccc(N2C(=S)N(C(C)(C)C)C[C@@H]2c2ccc(Br)cc2)cc1. The fraction of sp³-hybridized carbons (Fsp3) is 0.350. The highest BCUT2D eigenvalue weighted by Gasteiger charge is 2.40. The molecule has 0 N–H and O–H groups in total. The molecule has 0 radical (unpaired) electrons. The highest BCUT2D eigenvalue weighted by Crippen LogP contribution is 2.38. The maximum absolute atomic E-state index is 5.87. The van der Waals surface area contributed by atoms with Crippen molar-refractivity contribution in [3.63, 3.8) is 0 Å². The van der Waals surface area contributed by atoms with E-state index in [-0.39, 0.29) is 11.6 Å². The lowest BCUT2D eigenvalue weighted by Crippen LogP contribution is -2.44. The molecule has 24 heavy (non-hydrogen) atoms. The molecule has 2 aromatic carbocycles. The van der Waals surface area contributed by atoms with Crippen LogP contribution in [0.25, 0.3) is 0 Å². The number of anilines is 1. The molecule has 0 aliphatic carbocycles. The van der Waals surface area contributed by atoms with Gasteiger partial charge in [-0.15, -0.1) is 0 Å². The van der Waals surface area contributed by atoms with Gasteiger partial charge in [-0.05, 0) is 69.7 Å². The standard InChI is InChI=1S/C20H23BrN2S/c1-14-5-11-17(12-6-14)23-18(15-7-9-16(21)10-8-15)13-22(19(23)24)20(2,3)4/h5-12,18H,13H2,1-4H3/t18-/m1/s1. The average molecular weight is 403 g/mol. The lowest BCUT2D eigenvalue weighted by atomic mass is 10.0. The Balaban J connectivity index is 2.04. The van der Waals surface area contributed by atoms with Crippen LogP contribution in [-0.4, -0.2) is 22.1 Å². The topological polar surface area (TPSA) is 6.48 Å². The van der Waals surface area contributed by atoms with E-state index >= 15 is 0 Å². The third kappa shape index (κ3) is 3.35. The lowest BCUT2D eigenvalue weighted by Gasteiger charge is -2.33. The van der Waals surface area contributed by atoms with Crippen LogP contribution in [0.4, 0.5) is 5.69 Å². The smallest absolute Gasteiger partial charge is 0.177 e. The van der Waals surface area contributed by atoms with E-state index in [1.165, 1.54) is 11.1 Å². The number of thiocarbonyl (C=S) groups is 1. The second-order valence-electron chi connectivity index (χ2n) is 7.34. The van der Waals surface area contributed by atoms with Crippen molar-refractivity contribution in [2.75, 3.05) is 11.4 Å². The number of hydrogen-bond donors (Lipinski definition) is 0. The summed E-state index contributed by atoms with van der Waals surface area (Å²) in [7, 11) is 0. The molecule has 0 unspecified atom stereocenters. The third-order valence-corrected chi connectivity index (χ3v) is 5.43. The summed E-state index contributed by atoms with van der Waals surface area (Å²) in [6, 6.07) is 17.4. The monoisotopic (exact) mass is 402 g/mol. The van der Waals surface area contributed by atoms with Gasteiger partial charge in [-0.25, -0.2) is 0 Å². The Hall–Kier alpha value is -1.39. The van der Waals surface area contributed by atoms with Crippen LogP contribution >= 0.6 is 28.1 Å². The number of rotatable bonds is 2. The summed E-state index contributed by atoms with van der Waals surface area (Å²) >= 11 is 9.40. The first kappa shape index (κ1) is 17.4. The molecule has 1 heterocycles. The van der Waals surface area contributed by atoms with Gasteiger partial charge in [-0.1, -0.05) is 45.8 Å². The van der Waals surface area contributed by atoms with E-state index in [9.17, 15) is 0 Å². The Morgan fingerprint density at radius 1 is 1.00 bits per heavy atom. The summed E-state index contributed by atoms with van der Waals surface area (Å²) in [5.74, 6) is 0. The summed E-state index contributed by atoms with van der Waals surface area (Å²) in [5.41, 5.74) is 3.71. The summed E-state index contributed by atoms with van der Waals surface area (Å²) in [6.45, 7) is 9.67. The van der Waals surface area contributed by atoms with E-state index in [0.717, 1.165) is 21.8 Å². The molecule has 2 nitrogen and oxygen atoms in total. The quantitative estimate of drug-likeness (QED) is 0.594. The Morgan fingerprint density at radius 3 is 2.12 bits per heavy atom. The molecule has 0 saturated carbocycles. The van der Waals surface area contributed by atoms with Gasteiger partial charge in [-0.3, -0.25) is 0 Å². The molecule has 1 aliphatic heterocycles. The Morgan fingerprint density at radius 2 is 1.58 bits per heavy atom. The largest absolute Gasteiger partial charge is 0.342 e.